The van der Waals surface area contributed by atoms with Crippen molar-refractivity contribution in [3.8, 4) is 0 Å². The summed E-state index contributed by atoms with van der Waals surface area (Å²) in [7, 11) is -3.14. The molecule has 0 unspecified atom stereocenters. The smallest absolute Gasteiger partial charge is 0.354 e. The van der Waals surface area contributed by atoms with Crippen LogP contribution in [0.1, 0.15) is 20.3 Å². The lowest BCUT2D eigenvalue weighted by Gasteiger charge is -2.25. The molecule has 1 fully saturated rings. The molecule has 1 saturated heterocycles. The molecule has 1 aromatic carbocycles. The van der Waals surface area contributed by atoms with Crippen LogP contribution >= 0.6 is 0 Å². The molecule has 9 heteroatoms. The Morgan fingerprint density at radius 3 is 2.56 bits per heavy atom. The van der Waals surface area contributed by atoms with Crippen LogP contribution in [0.4, 0.5) is 5.69 Å². The summed E-state index contributed by atoms with van der Waals surface area (Å²) in [5.41, 5.74) is 0.844. The summed E-state index contributed by atoms with van der Waals surface area (Å²) < 4.78 is 28.6. The van der Waals surface area contributed by atoms with Crippen LogP contribution in [0.5, 0.6) is 0 Å². The van der Waals surface area contributed by atoms with E-state index >= 15 is 0 Å². The molecule has 3 atom stereocenters. The normalized spacial score (nSPS) is 26.5. The summed E-state index contributed by atoms with van der Waals surface area (Å²) >= 11 is 0. The number of anilines is 1. The summed E-state index contributed by atoms with van der Waals surface area (Å²) in [6.45, 7) is 3.73. The Morgan fingerprint density at radius 2 is 1.96 bits per heavy atom. The van der Waals surface area contributed by atoms with Gasteiger partial charge in [0.2, 0.25) is 5.91 Å². The first kappa shape index (κ1) is 19.3. The van der Waals surface area contributed by atoms with Crippen molar-refractivity contribution in [1.29, 1.82) is 0 Å². The Hall–Kier alpha value is -2.42. The van der Waals surface area contributed by atoms with E-state index in [1.165, 1.54) is 5.01 Å². The molecule has 2 heterocycles. The van der Waals surface area contributed by atoms with E-state index in [1.807, 2.05) is 18.2 Å². The highest BCUT2D eigenvalue weighted by molar-refractivity contribution is 7.91. The van der Waals surface area contributed by atoms with Crippen molar-refractivity contribution < 1.29 is 22.7 Å². The highest BCUT2D eigenvalue weighted by Crippen LogP contribution is 2.26. The van der Waals surface area contributed by atoms with E-state index in [0.29, 0.717) is 5.69 Å². The molecule has 8 nitrogen and oxygen atoms in total. The van der Waals surface area contributed by atoms with Gasteiger partial charge in [-0.1, -0.05) is 25.1 Å². The van der Waals surface area contributed by atoms with Gasteiger partial charge in [-0.15, -0.1) is 0 Å². The van der Waals surface area contributed by atoms with Crippen molar-refractivity contribution in [2.45, 2.75) is 32.4 Å². The molecule has 1 N–H and O–H groups in total. The third-order valence-corrected chi connectivity index (χ3v) is 6.61. The van der Waals surface area contributed by atoms with Crippen molar-refractivity contribution in [3.05, 3.63) is 30.3 Å². The first-order valence-electron chi connectivity index (χ1n) is 8.90. The summed E-state index contributed by atoms with van der Waals surface area (Å²) in [6.07, 6.45) is 0.105. The zero-order chi connectivity index (χ0) is 19.6. The van der Waals surface area contributed by atoms with Crippen LogP contribution in [0.2, 0.25) is 0 Å². The third-order valence-electron chi connectivity index (χ3n) is 4.71. The average molecular weight is 393 g/mol. The Bertz CT molecular complexity index is 853. The molecule has 0 radical (unpaired) electrons. The van der Waals surface area contributed by atoms with Crippen molar-refractivity contribution in [2.75, 3.05) is 23.1 Å². The van der Waals surface area contributed by atoms with E-state index in [9.17, 15) is 18.0 Å². The fraction of sp³-hybridized carbons (Fsp3) is 0.500. The number of nitrogens with zero attached hydrogens (tertiary/aromatic N) is 2. The Labute approximate surface area is 158 Å². The van der Waals surface area contributed by atoms with Crippen molar-refractivity contribution >= 4 is 33.1 Å². The number of ether oxygens (including phenoxy) is 1. The van der Waals surface area contributed by atoms with Crippen LogP contribution in [0, 0.1) is 5.92 Å². The second kappa shape index (κ2) is 7.67. The highest BCUT2D eigenvalue weighted by atomic mass is 32.2. The largest absolute Gasteiger partial charge is 0.461 e. The van der Waals surface area contributed by atoms with Gasteiger partial charge < -0.3 is 10.1 Å². The van der Waals surface area contributed by atoms with Gasteiger partial charge in [0.05, 0.1) is 23.8 Å². The van der Waals surface area contributed by atoms with E-state index in [4.69, 9.17) is 4.74 Å². The molecule has 146 valence electrons. The van der Waals surface area contributed by atoms with Gasteiger partial charge in [0, 0.05) is 12.5 Å². The zero-order valence-electron chi connectivity index (χ0n) is 15.3. The van der Waals surface area contributed by atoms with E-state index in [-0.39, 0.29) is 42.1 Å². The number of hydrazone groups is 1. The number of rotatable bonds is 5. The maximum atomic E-state index is 12.9. The van der Waals surface area contributed by atoms with Crippen LogP contribution in [0.25, 0.3) is 0 Å². The second-order valence-electron chi connectivity index (χ2n) is 6.84. The first-order valence-corrected chi connectivity index (χ1v) is 10.7. The SMILES string of the molecule is CCOC(=O)C1=NN(c2ccccc2)[C@H](C(=O)N[C@@H]2CS(=O)(=O)C[C@@H]2C)C1. The van der Waals surface area contributed by atoms with Gasteiger partial charge >= 0.3 is 5.97 Å². The molecule has 0 saturated carbocycles. The molecule has 1 amide bonds. The predicted molar refractivity (Wildman–Crippen MR) is 101 cm³/mol. The second-order valence-corrected chi connectivity index (χ2v) is 8.99. The number of carbonyl (C=O) groups excluding carboxylic acids is 2. The molecule has 2 aliphatic rings. The number of esters is 1. The molecule has 2 aliphatic heterocycles. The quantitative estimate of drug-likeness (QED) is 0.740. The lowest BCUT2D eigenvalue weighted by Crippen LogP contribution is -2.48. The Balaban J connectivity index is 1.80. The minimum atomic E-state index is -3.14. The molecule has 0 aromatic heterocycles. The topological polar surface area (TPSA) is 105 Å². The molecule has 27 heavy (non-hydrogen) atoms. The Morgan fingerprint density at radius 1 is 1.26 bits per heavy atom. The summed E-state index contributed by atoms with van der Waals surface area (Å²) in [5.74, 6) is -1.06. The fourth-order valence-corrected chi connectivity index (χ4v) is 5.48. The number of benzene rings is 1. The van der Waals surface area contributed by atoms with Gasteiger partial charge in [-0.05, 0) is 25.0 Å². The lowest BCUT2D eigenvalue weighted by atomic mass is 10.0. The van der Waals surface area contributed by atoms with Crippen LogP contribution in [-0.2, 0) is 24.2 Å². The molecule has 0 bridgehead atoms. The van der Waals surface area contributed by atoms with E-state index < -0.39 is 27.9 Å². The standard InChI is InChI=1S/C18H23N3O5S/c1-3-26-18(23)14-9-16(21(20-14)13-7-5-4-6-8-13)17(22)19-15-11-27(24,25)10-12(15)2/h4-8,12,15-16H,3,9-11H2,1-2H3,(H,19,22)/t12-,15+,16-/m0/s1. The number of sulfone groups is 1. The number of nitrogens with one attached hydrogen (secondary N) is 1. The maximum absolute atomic E-state index is 12.9. The first-order chi connectivity index (χ1) is 12.8. The lowest BCUT2D eigenvalue weighted by molar-refractivity contribution is -0.135. The highest BCUT2D eigenvalue weighted by Gasteiger charge is 2.41. The maximum Gasteiger partial charge on any atom is 0.354 e. The summed E-state index contributed by atoms with van der Waals surface area (Å²) in [6, 6.07) is 7.88. The summed E-state index contributed by atoms with van der Waals surface area (Å²) in [5, 5.41) is 8.63. The molecule has 0 spiro atoms. The number of hydrogen-bond donors (Lipinski definition) is 1. The van der Waals surface area contributed by atoms with Crippen molar-refractivity contribution in [3.63, 3.8) is 0 Å². The van der Waals surface area contributed by atoms with Gasteiger partial charge in [0.15, 0.2) is 9.84 Å². The summed E-state index contributed by atoms with van der Waals surface area (Å²) in [4.78, 5) is 25.0. The number of para-hydroxylation sites is 1. The molecular weight excluding hydrogens is 370 g/mol. The van der Waals surface area contributed by atoms with Crippen LogP contribution in [0.15, 0.2) is 35.4 Å². The van der Waals surface area contributed by atoms with Gasteiger partial charge in [-0.3, -0.25) is 9.80 Å². The minimum Gasteiger partial charge on any atom is -0.461 e. The minimum absolute atomic E-state index is 0.0651. The van der Waals surface area contributed by atoms with Gasteiger partial charge in [0.1, 0.15) is 11.8 Å². The molecule has 3 rings (SSSR count). The van der Waals surface area contributed by atoms with Crippen molar-refractivity contribution in [2.24, 2.45) is 11.0 Å². The van der Waals surface area contributed by atoms with E-state index in [0.717, 1.165) is 0 Å². The van der Waals surface area contributed by atoms with Gasteiger partial charge in [0.25, 0.3) is 0 Å². The van der Waals surface area contributed by atoms with Gasteiger partial charge in [-0.2, -0.15) is 5.10 Å². The van der Waals surface area contributed by atoms with Crippen LogP contribution in [-0.4, -0.2) is 56.2 Å². The molecule has 0 aliphatic carbocycles. The number of carbonyl (C=O) groups is 2. The number of hydrogen-bond acceptors (Lipinski definition) is 7. The predicted octanol–water partition coefficient (Wildman–Crippen LogP) is 0.734. The van der Waals surface area contributed by atoms with Crippen molar-refractivity contribution in [1.82, 2.24) is 5.32 Å². The monoisotopic (exact) mass is 393 g/mol. The molecular formula is C18H23N3O5S. The third kappa shape index (κ3) is 4.29. The zero-order valence-corrected chi connectivity index (χ0v) is 16.1. The van der Waals surface area contributed by atoms with Crippen LogP contribution < -0.4 is 10.3 Å². The van der Waals surface area contributed by atoms with E-state index in [2.05, 4.69) is 10.4 Å². The number of amides is 1. The van der Waals surface area contributed by atoms with Gasteiger partial charge in [-0.25, -0.2) is 13.2 Å². The van der Waals surface area contributed by atoms with Crippen LogP contribution in [0.3, 0.4) is 0 Å². The fourth-order valence-electron chi connectivity index (χ4n) is 3.36. The average Bonchev–Trinajstić information content (AvgIpc) is 3.17. The molecule has 1 aromatic rings. The Kier molecular flexibility index (Phi) is 5.50. The van der Waals surface area contributed by atoms with E-state index in [1.54, 1.807) is 26.0 Å².